The molecule has 1 aliphatic heterocycles. The van der Waals surface area contributed by atoms with E-state index in [1.165, 1.54) is 0 Å². The number of benzene rings is 1. The van der Waals surface area contributed by atoms with Crippen molar-refractivity contribution in [1.82, 2.24) is 10.6 Å². The van der Waals surface area contributed by atoms with Crippen molar-refractivity contribution in [2.24, 2.45) is 0 Å². The number of anilines is 1. The Morgan fingerprint density at radius 1 is 1.42 bits per heavy atom. The molecule has 0 spiro atoms. The van der Waals surface area contributed by atoms with Gasteiger partial charge in [0.1, 0.15) is 0 Å². The first-order valence-corrected chi connectivity index (χ1v) is 6.62. The minimum atomic E-state index is -0.319. The highest BCUT2D eigenvalue weighted by Crippen LogP contribution is 2.25. The van der Waals surface area contributed by atoms with E-state index >= 15 is 0 Å². The van der Waals surface area contributed by atoms with Crippen LogP contribution in [0.3, 0.4) is 0 Å². The molecule has 2 rings (SSSR count). The minimum Gasteiger partial charge on any atom is -0.378 e. The summed E-state index contributed by atoms with van der Waals surface area (Å²) in [5.74, 6) is 0. The van der Waals surface area contributed by atoms with Gasteiger partial charge in [-0.05, 0) is 18.2 Å². The van der Waals surface area contributed by atoms with Crippen LogP contribution in [0.5, 0.6) is 0 Å². The molecule has 3 N–H and O–H groups in total. The molecule has 0 radical (unpaired) electrons. The van der Waals surface area contributed by atoms with Gasteiger partial charge in [0.25, 0.3) is 0 Å². The van der Waals surface area contributed by atoms with E-state index in [9.17, 15) is 4.79 Å². The van der Waals surface area contributed by atoms with E-state index < -0.39 is 0 Å². The highest BCUT2D eigenvalue weighted by atomic mass is 35.5. The Balaban J connectivity index is 1.94. The first-order chi connectivity index (χ1) is 9.10. The number of ether oxygens (including phenoxy) is 1. The molecule has 0 saturated carbocycles. The number of carbonyl (C=O) groups excluding carboxylic acids is 1. The monoisotopic (exact) mass is 303 g/mol. The fourth-order valence-electron chi connectivity index (χ4n) is 1.96. The lowest BCUT2D eigenvalue weighted by Gasteiger charge is -2.19. The molecule has 0 aromatic heterocycles. The number of hydrogen-bond donors (Lipinski definition) is 3. The van der Waals surface area contributed by atoms with E-state index in [1.807, 2.05) is 0 Å². The molecule has 1 saturated heterocycles. The van der Waals surface area contributed by atoms with Crippen LogP contribution >= 0.6 is 23.2 Å². The lowest BCUT2D eigenvalue weighted by molar-refractivity contribution is 0.0991. The molecule has 2 atom stereocenters. The zero-order valence-corrected chi connectivity index (χ0v) is 11.9. The summed E-state index contributed by atoms with van der Waals surface area (Å²) < 4.78 is 5.27. The third kappa shape index (κ3) is 3.73. The number of urea groups is 1. The maximum atomic E-state index is 11.9. The van der Waals surface area contributed by atoms with E-state index in [2.05, 4.69) is 16.0 Å². The topological polar surface area (TPSA) is 62.4 Å². The summed E-state index contributed by atoms with van der Waals surface area (Å²) in [6, 6.07) is 4.52. The van der Waals surface area contributed by atoms with Crippen molar-refractivity contribution in [3.63, 3.8) is 0 Å². The van der Waals surface area contributed by atoms with Crippen molar-refractivity contribution >= 4 is 34.9 Å². The molecule has 5 nitrogen and oxygen atoms in total. The molecule has 7 heteroatoms. The molecule has 1 aliphatic rings. The molecule has 1 fully saturated rings. The lowest BCUT2D eigenvalue weighted by Crippen LogP contribution is -2.45. The highest BCUT2D eigenvalue weighted by Gasteiger charge is 2.28. The standard InChI is InChI=1S/C12H15Cl2N3O2/c1-19-11-6-15-5-10(11)17-12(18)16-9-3-2-7(13)4-8(9)14/h2-4,10-11,15H,5-6H2,1H3,(H2,16,17,18)/t10-,11-/m0/s1. The first kappa shape index (κ1) is 14.4. The van der Waals surface area contributed by atoms with Gasteiger partial charge in [0.05, 0.1) is 22.9 Å². The Morgan fingerprint density at radius 2 is 2.21 bits per heavy atom. The van der Waals surface area contributed by atoms with Gasteiger partial charge in [-0.3, -0.25) is 0 Å². The van der Waals surface area contributed by atoms with Crippen molar-refractivity contribution in [2.45, 2.75) is 12.1 Å². The fraction of sp³-hybridized carbons (Fsp3) is 0.417. The molecular formula is C12H15Cl2N3O2. The zero-order valence-electron chi connectivity index (χ0n) is 10.4. The molecule has 2 amide bonds. The largest absolute Gasteiger partial charge is 0.378 e. The van der Waals surface area contributed by atoms with Crippen LogP contribution in [0.25, 0.3) is 0 Å². The molecule has 1 aromatic rings. The average molecular weight is 304 g/mol. The number of hydrogen-bond acceptors (Lipinski definition) is 3. The van der Waals surface area contributed by atoms with Gasteiger partial charge in [0, 0.05) is 25.2 Å². The number of amides is 2. The van der Waals surface area contributed by atoms with Gasteiger partial charge in [-0.25, -0.2) is 4.79 Å². The molecule has 0 unspecified atom stereocenters. The van der Waals surface area contributed by atoms with E-state index in [-0.39, 0.29) is 18.2 Å². The summed E-state index contributed by atoms with van der Waals surface area (Å²) in [7, 11) is 1.63. The number of methoxy groups -OCH3 is 1. The van der Waals surface area contributed by atoms with Crippen molar-refractivity contribution in [1.29, 1.82) is 0 Å². The maximum Gasteiger partial charge on any atom is 0.319 e. The van der Waals surface area contributed by atoms with Gasteiger partial charge in [-0.15, -0.1) is 0 Å². The van der Waals surface area contributed by atoms with Crippen molar-refractivity contribution in [2.75, 3.05) is 25.5 Å². The van der Waals surface area contributed by atoms with Crippen LogP contribution in [-0.4, -0.2) is 38.4 Å². The Morgan fingerprint density at radius 3 is 2.89 bits per heavy atom. The van der Waals surface area contributed by atoms with E-state index in [4.69, 9.17) is 27.9 Å². The fourth-order valence-corrected chi connectivity index (χ4v) is 2.42. The normalized spacial score (nSPS) is 22.3. The Kier molecular flexibility index (Phi) is 4.87. The van der Waals surface area contributed by atoms with Crippen LogP contribution in [-0.2, 0) is 4.74 Å². The first-order valence-electron chi connectivity index (χ1n) is 5.86. The van der Waals surface area contributed by atoms with Crippen LogP contribution in [0.1, 0.15) is 0 Å². The third-order valence-corrected chi connectivity index (χ3v) is 3.50. The van der Waals surface area contributed by atoms with Crippen LogP contribution in [0.15, 0.2) is 18.2 Å². The summed E-state index contributed by atoms with van der Waals surface area (Å²) in [5, 5.41) is 9.60. The molecule has 19 heavy (non-hydrogen) atoms. The van der Waals surface area contributed by atoms with Gasteiger partial charge in [0.15, 0.2) is 0 Å². The predicted octanol–water partition coefficient (Wildman–Crippen LogP) is 2.10. The number of nitrogens with one attached hydrogen (secondary N) is 3. The van der Waals surface area contributed by atoms with E-state index in [1.54, 1.807) is 25.3 Å². The Hall–Kier alpha value is -1.01. The number of rotatable bonds is 3. The molecule has 104 valence electrons. The van der Waals surface area contributed by atoms with Gasteiger partial charge < -0.3 is 20.7 Å². The van der Waals surface area contributed by atoms with Crippen molar-refractivity contribution in [3.05, 3.63) is 28.2 Å². The smallest absolute Gasteiger partial charge is 0.319 e. The summed E-state index contributed by atoms with van der Waals surface area (Å²) in [6.07, 6.45) is -0.0218. The second kappa shape index (κ2) is 6.43. The van der Waals surface area contributed by atoms with Gasteiger partial charge >= 0.3 is 6.03 Å². The molecule has 0 bridgehead atoms. The quantitative estimate of drug-likeness (QED) is 0.801. The van der Waals surface area contributed by atoms with Gasteiger partial charge in [-0.1, -0.05) is 23.2 Å². The Bertz CT molecular complexity index is 470. The molecule has 1 heterocycles. The van der Waals surface area contributed by atoms with Crippen LogP contribution < -0.4 is 16.0 Å². The molecule has 0 aliphatic carbocycles. The molecule has 1 aromatic carbocycles. The summed E-state index contributed by atoms with van der Waals surface area (Å²) in [5.41, 5.74) is 0.517. The second-order valence-corrected chi connectivity index (χ2v) is 5.11. The SMILES string of the molecule is CO[C@H]1CNC[C@@H]1NC(=O)Nc1ccc(Cl)cc1Cl. The predicted molar refractivity (Wildman–Crippen MR) is 76.1 cm³/mol. The summed E-state index contributed by atoms with van der Waals surface area (Å²) in [4.78, 5) is 11.9. The number of halogens is 2. The average Bonchev–Trinajstić information content (AvgIpc) is 2.80. The van der Waals surface area contributed by atoms with E-state index in [0.717, 1.165) is 6.54 Å². The maximum absolute atomic E-state index is 11.9. The second-order valence-electron chi connectivity index (χ2n) is 4.26. The van der Waals surface area contributed by atoms with Crippen LogP contribution in [0.2, 0.25) is 10.0 Å². The van der Waals surface area contributed by atoms with Crippen LogP contribution in [0.4, 0.5) is 10.5 Å². The third-order valence-electron chi connectivity index (χ3n) is 2.96. The van der Waals surface area contributed by atoms with Gasteiger partial charge in [0.2, 0.25) is 0 Å². The van der Waals surface area contributed by atoms with Crippen LogP contribution in [0, 0.1) is 0 Å². The zero-order chi connectivity index (χ0) is 13.8. The van der Waals surface area contributed by atoms with Crippen molar-refractivity contribution < 1.29 is 9.53 Å². The van der Waals surface area contributed by atoms with E-state index in [0.29, 0.717) is 22.3 Å². The van der Waals surface area contributed by atoms with Gasteiger partial charge in [-0.2, -0.15) is 0 Å². The highest BCUT2D eigenvalue weighted by molar-refractivity contribution is 6.36. The Labute approximate surface area is 121 Å². The summed E-state index contributed by atoms with van der Waals surface area (Å²) in [6.45, 7) is 1.41. The summed E-state index contributed by atoms with van der Waals surface area (Å²) >= 11 is 11.8. The lowest BCUT2D eigenvalue weighted by atomic mass is 10.2. The van der Waals surface area contributed by atoms with Crippen molar-refractivity contribution in [3.8, 4) is 0 Å². The molecular weight excluding hydrogens is 289 g/mol. The minimum absolute atomic E-state index is 0.0218. The number of carbonyl (C=O) groups is 1.